The van der Waals surface area contributed by atoms with Crippen LogP contribution in [0, 0.1) is 13.8 Å². The summed E-state index contributed by atoms with van der Waals surface area (Å²) in [7, 11) is 1.65. The van der Waals surface area contributed by atoms with E-state index in [-0.39, 0.29) is 11.6 Å². The number of benzene rings is 2. The Bertz CT molecular complexity index is 1350. The number of methoxy groups -OCH3 is 1. The maximum absolute atomic E-state index is 13.4. The third-order valence-corrected chi connectivity index (χ3v) is 6.82. The summed E-state index contributed by atoms with van der Waals surface area (Å²) in [5.41, 5.74) is 4.75. The Hall–Kier alpha value is -3.52. The number of H-pyrrole nitrogens is 1. The van der Waals surface area contributed by atoms with E-state index in [1.165, 1.54) is 6.42 Å². The van der Waals surface area contributed by atoms with Gasteiger partial charge in [0.05, 0.1) is 19.2 Å². The number of aromatic amines is 1. The molecule has 8 heteroatoms. The fraction of sp³-hybridized carbons (Fsp3) is 0.385. The predicted octanol–water partition coefficient (Wildman–Crippen LogP) is 3.76. The van der Waals surface area contributed by atoms with E-state index in [2.05, 4.69) is 38.4 Å². The standard InChI is InChI=1S/C26H30N6O2/c1-17-7-8-18(2)23-21(17)15-22(26(33)27-23)24(31-13-5-4-6-14-31)25-28-29-30-32(25)16-19-9-11-20(34-3)12-10-19/h7-12,15,24H,4-6,13-14,16H2,1-3H3,(H,27,33). The number of nitrogens with one attached hydrogen (secondary N) is 1. The summed E-state index contributed by atoms with van der Waals surface area (Å²) in [6.45, 7) is 6.43. The molecule has 2 aromatic heterocycles. The van der Waals surface area contributed by atoms with Crippen LogP contribution in [-0.2, 0) is 6.54 Å². The van der Waals surface area contributed by atoms with Crippen LogP contribution < -0.4 is 10.3 Å². The maximum Gasteiger partial charge on any atom is 0.253 e. The summed E-state index contributed by atoms with van der Waals surface area (Å²) in [5.74, 6) is 1.49. The van der Waals surface area contributed by atoms with Crippen LogP contribution in [0.3, 0.4) is 0 Å². The number of aryl methyl sites for hydroxylation is 2. The monoisotopic (exact) mass is 458 g/mol. The lowest BCUT2D eigenvalue weighted by molar-refractivity contribution is 0.177. The van der Waals surface area contributed by atoms with E-state index in [1.807, 2.05) is 48.0 Å². The first kappa shape index (κ1) is 22.3. The van der Waals surface area contributed by atoms with Crippen molar-refractivity contribution in [3.8, 4) is 5.75 Å². The van der Waals surface area contributed by atoms with Crippen molar-refractivity contribution in [3.63, 3.8) is 0 Å². The molecule has 1 aliphatic heterocycles. The Labute approximate surface area is 198 Å². The molecule has 3 heterocycles. The summed E-state index contributed by atoms with van der Waals surface area (Å²) in [6, 6.07) is 13.8. The highest BCUT2D eigenvalue weighted by Gasteiger charge is 2.31. The Morgan fingerprint density at radius 3 is 2.50 bits per heavy atom. The molecule has 0 bridgehead atoms. The van der Waals surface area contributed by atoms with Crippen LogP contribution in [0.2, 0.25) is 0 Å². The molecule has 2 aromatic carbocycles. The number of piperidine rings is 1. The lowest BCUT2D eigenvalue weighted by Gasteiger charge is -2.33. The van der Waals surface area contributed by atoms with Gasteiger partial charge < -0.3 is 9.72 Å². The molecule has 0 radical (unpaired) electrons. The Morgan fingerprint density at radius 2 is 1.76 bits per heavy atom. The molecule has 176 valence electrons. The van der Waals surface area contributed by atoms with Gasteiger partial charge in [0.1, 0.15) is 11.8 Å². The molecule has 1 unspecified atom stereocenters. The topological polar surface area (TPSA) is 88.9 Å². The van der Waals surface area contributed by atoms with E-state index in [0.29, 0.717) is 17.9 Å². The predicted molar refractivity (Wildman–Crippen MR) is 131 cm³/mol. The smallest absolute Gasteiger partial charge is 0.253 e. The van der Waals surface area contributed by atoms with Crippen molar-refractivity contribution >= 4 is 10.9 Å². The van der Waals surface area contributed by atoms with Crippen molar-refractivity contribution < 1.29 is 4.74 Å². The molecular formula is C26H30N6O2. The van der Waals surface area contributed by atoms with Gasteiger partial charge in [0.15, 0.2) is 5.82 Å². The minimum Gasteiger partial charge on any atom is -0.497 e. The number of aromatic nitrogens is 5. The number of nitrogens with zero attached hydrogens (tertiary/aromatic N) is 5. The van der Waals surface area contributed by atoms with Crippen molar-refractivity contribution in [3.05, 3.63) is 80.9 Å². The number of fused-ring (bicyclic) bond motifs is 1. The van der Waals surface area contributed by atoms with Crippen LogP contribution in [0.25, 0.3) is 10.9 Å². The number of hydrogen-bond acceptors (Lipinski definition) is 6. The number of tetrazole rings is 1. The molecule has 34 heavy (non-hydrogen) atoms. The van der Waals surface area contributed by atoms with Crippen LogP contribution in [-0.4, -0.2) is 50.3 Å². The van der Waals surface area contributed by atoms with Gasteiger partial charge in [-0.05, 0) is 85.1 Å². The fourth-order valence-electron chi connectivity index (χ4n) is 4.89. The summed E-state index contributed by atoms with van der Waals surface area (Å²) < 4.78 is 7.09. The van der Waals surface area contributed by atoms with Gasteiger partial charge in [-0.15, -0.1) is 5.10 Å². The van der Waals surface area contributed by atoms with Crippen molar-refractivity contribution in [2.24, 2.45) is 0 Å². The first-order valence-corrected chi connectivity index (χ1v) is 11.8. The number of ether oxygens (including phenoxy) is 1. The molecule has 0 saturated carbocycles. The Kier molecular flexibility index (Phi) is 6.15. The van der Waals surface area contributed by atoms with Crippen LogP contribution in [0.4, 0.5) is 0 Å². The summed E-state index contributed by atoms with van der Waals surface area (Å²) >= 11 is 0. The van der Waals surface area contributed by atoms with E-state index < -0.39 is 0 Å². The van der Waals surface area contributed by atoms with E-state index in [9.17, 15) is 4.79 Å². The normalized spacial score (nSPS) is 15.5. The first-order valence-electron chi connectivity index (χ1n) is 11.8. The van der Waals surface area contributed by atoms with Gasteiger partial charge in [0, 0.05) is 10.9 Å². The Morgan fingerprint density at radius 1 is 1.03 bits per heavy atom. The number of hydrogen-bond donors (Lipinski definition) is 1. The van der Waals surface area contributed by atoms with Gasteiger partial charge in [0.25, 0.3) is 5.56 Å². The molecule has 8 nitrogen and oxygen atoms in total. The van der Waals surface area contributed by atoms with E-state index in [4.69, 9.17) is 4.74 Å². The summed E-state index contributed by atoms with van der Waals surface area (Å²) in [5, 5.41) is 13.8. The quantitative estimate of drug-likeness (QED) is 0.473. The van der Waals surface area contributed by atoms with E-state index in [0.717, 1.165) is 59.3 Å². The lowest BCUT2D eigenvalue weighted by atomic mass is 9.98. The third kappa shape index (κ3) is 4.21. The van der Waals surface area contributed by atoms with Gasteiger partial charge in [-0.25, -0.2) is 4.68 Å². The molecule has 4 aromatic rings. The lowest BCUT2D eigenvalue weighted by Crippen LogP contribution is -2.38. The molecule has 0 aliphatic carbocycles. The average molecular weight is 459 g/mol. The van der Waals surface area contributed by atoms with Gasteiger partial charge in [-0.3, -0.25) is 9.69 Å². The van der Waals surface area contributed by atoms with E-state index in [1.54, 1.807) is 7.11 Å². The molecule has 1 N–H and O–H groups in total. The molecule has 1 atom stereocenters. The highest BCUT2D eigenvalue weighted by atomic mass is 16.5. The van der Waals surface area contributed by atoms with Crippen molar-refractivity contribution in [1.29, 1.82) is 0 Å². The van der Waals surface area contributed by atoms with Gasteiger partial charge in [0.2, 0.25) is 0 Å². The molecule has 1 fully saturated rings. The van der Waals surface area contributed by atoms with Crippen molar-refractivity contribution in [1.82, 2.24) is 30.1 Å². The van der Waals surface area contributed by atoms with Crippen LogP contribution in [0.1, 0.15) is 53.4 Å². The fourth-order valence-corrected chi connectivity index (χ4v) is 4.89. The van der Waals surface area contributed by atoms with Gasteiger partial charge in [-0.1, -0.05) is 30.7 Å². The second-order valence-electron chi connectivity index (χ2n) is 9.08. The summed E-state index contributed by atoms with van der Waals surface area (Å²) in [6.07, 6.45) is 3.40. The number of pyridine rings is 1. The van der Waals surface area contributed by atoms with Crippen LogP contribution >= 0.6 is 0 Å². The van der Waals surface area contributed by atoms with Crippen LogP contribution in [0.15, 0.2) is 47.3 Å². The number of rotatable bonds is 6. The van der Waals surface area contributed by atoms with Crippen molar-refractivity contribution in [2.75, 3.05) is 20.2 Å². The summed E-state index contributed by atoms with van der Waals surface area (Å²) in [4.78, 5) is 18.9. The second-order valence-corrected chi connectivity index (χ2v) is 9.08. The highest BCUT2D eigenvalue weighted by Crippen LogP contribution is 2.31. The third-order valence-electron chi connectivity index (χ3n) is 6.82. The highest BCUT2D eigenvalue weighted by molar-refractivity contribution is 5.85. The molecule has 1 saturated heterocycles. The van der Waals surface area contributed by atoms with Crippen LogP contribution in [0.5, 0.6) is 5.75 Å². The van der Waals surface area contributed by atoms with Gasteiger partial charge in [-0.2, -0.15) is 0 Å². The maximum atomic E-state index is 13.4. The zero-order valence-electron chi connectivity index (χ0n) is 19.9. The molecular weight excluding hydrogens is 428 g/mol. The molecule has 1 aliphatic rings. The van der Waals surface area contributed by atoms with Gasteiger partial charge >= 0.3 is 0 Å². The number of likely N-dealkylation sites (tertiary alicyclic amines) is 1. The second kappa shape index (κ2) is 9.38. The minimum atomic E-state index is -0.318. The largest absolute Gasteiger partial charge is 0.497 e. The first-order chi connectivity index (χ1) is 16.5. The molecule has 5 rings (SSSR count). The molecule has 0 amide bonds. The van der Waals surface area contributed by atoms with Crippen molar-refractivity contribution in [2.45, 2.75) is 45.7 Å². The zero-order chi connectivity index (χ0) is 23.7. The Balaban J connectivity index is 1.61. The zero-order valence-corrected chi connectivity index (χ0v) is 19.9. The average Bonchev–Trinajstić information content (AvgIpc) is 3.31. The minimum absolute atomic E-state index is 0.0872. The van der Waals surface area contributed by atoms with E-state index >= 15 is 0 Å². The SMILES string of the molecule is COc1ccc(Cn2nnnc2C(c2cc3c(C)ccc(C)c3[nH]c2=O)N2CCCCC2)cc1. The molecule has 0 spiro atoms.